The lowest BCUT2D eigenvalue weighted by atomic mass is 9.74. The summed E-state index contributed by atoms with van der Waals surface area (Å²) >= 11 is 1.60. The van der Waals surface area contributed by atoms with Gasteiger partial charge in [-0.15, -0.1) is 11.3 Å². The second kappa shape index (κ2) is 5.14. The SMILES string of the molecule is CC(C)(N)C(C)(C)C(=O)NCc1nc2ccccc2s1. The van der Waals surface area contributed by atoms with E-state index in [1.54, 1.807) is 11.3 Å². The Morgan fingerprint density at radius 1 is 1.30 bits per heavy atom. The fourth-order valence-electron chi connectivity index (χ4n) is 1.67. The highest BCUT2D eigenvalue weighted by Gasteiger charge is 2.40. The van der Waals surface area contributed by atoms with Crippen LogP contribution < -0.4 is 11.1 Å². The first-order valence-electron chi connectivity index (χ1n) is 6.63. The smallest absolute Gasteiger partial charge is 0.227 e. The summed E-state index contributed by atoms with van der Waals surface area (Å²) in [6.07, 6.45) is 0. The molecule has 0 spiro atoms. The summed E-state index contributed by atoms with van der Waals surface area (Å²) in [7, 11) is 0. The zero-order valence-electron chi connectivity index (χ0n) is 12.4. The third-order valence-electron chi connectivity index (χ3n) is 3.92. The zero-order valence-corrected chi connectivity index (χ0v) is 13.2. The number of carbonyl (C=O) groups is 1. The molecule has 0 aliphatic rings. The molecule has 0 fully saturated rings. The molecule has 1 aromatic heterocycles. The Morgan fingerprint density at radius 2 is 1.95 bits per heavy atom. The number of carbonyl (C=O) groups excluding carboxylic acids is 1. The number of hydrogen-bond donors (Lipinski definition) is 2. The molecule has 108 valence electrons. The van der Waals surface area contributed by atoms with Crippen LogP contribution in [0, 0.1) is 5.41 Å². The Bertz CT molecular complexity index is 592. The van der Waals surface area contributed by atoms with E-state index in [0.29, 0.717) is 6.54 Å². The molecular weight excluding hydrogens is 270 g/mol. The molecule has 1 heterocycles. The minimum absolute atomic E-state index is 0.0516. The lowest BCUT2D eigenvalue weighted by Crippen LogP contribution is -2.55. The number of nitrogens with two attached hydrogens (primary N) is 1. The van der Waals surface area contributed by atoms with Gasteiger partial charge in [-0.1, -0.05) is 12.1 Å². The third kappa shape index (κ3) is 2.83. The van der Waals surface area contributed by atoms with E-state index in [9.17, 15) is 4.79 Å². The van der Waals surface area contributed by atoms with Crippen LogP contribution in [0.2, 0.25) is 0 Å². The summed E-state index contributed by atoms with van der Waals surface area (Å²) in [5.74, 6) is -0.0516. The van der Waals surface area contributed by atoms with Gasteiger partial charge in [-0.2, -0.15) is 0 Å². The van der Waals surface area contributed by atoms with Crippen molar-refractivity contribution in [2.24, 2.45) is 11.1 Å². The summed E-state index contributed by atoms with van der Waals surface area (Å²) < 4.78 is 1.13. The molecule has 0 saturated carbocycles. The molecule has 1 amide bonds. The second-order valence-electron chi connectivity index (χ2n) is 6.10. The molecule has 1 aromatic carbocycles. The first kappa shape index (κ1) is 14.9. The summed E-state index contributed by atoms with van der Waals surface area (Å²) in [6.45, 7) is 7.90. The van der Waals surface area contributed by atoms with Gasteiger partial charge in [-0.05, 0) is 39.8 Å². The maximum Gasteiger partial charge on any atom is 0.227 e. The third-order valence-corrected chi connectivity index (χ3v) is 4.95. The molecule has 0 unspecified atom stereocenters. The number of nitrogens with one attached hydrogen (secondary N) is 1. The van der Waals surface area contributed by atoms with Crippen molar-refractivity contribution < 1.29 is 4.79 Å². The van der Waals surface area contributed by atoms with E-state index >= 15 is 0 Å². The number of para-hydroxylation sites is 1. The van der Waals surface area contributed by atoms with Crippen molar-refractivity contribution in [3.8, 4) is 0 Å². The van der Waals surface area contributed by atoms with Crippen molar-refractivity contribution in [2.45, 2.75) is 39.8 Å². The lowest BCUT2D eigenvalue weighted by Gasteiger charge is -2.36. The molecule has 3 N–H and O–H groups in total. The van der Waals surface area contributed by atoms with Crippen LogP contribution in [0.3, 0.4) is 0 Å². The van der Waals surface area contributed by atoms with Crippen LogP contribution in [0.1, 0.15) is 32.7 Å². The highest BCUT2D eigenvalue weighted by Crippen LogP contribution is 2.28. The number of thiazole rings is 1. The molecular formula is C15H21N3OS. The molecule has 0 bridgehead atoms. The maximum absolute atomic E-state index is 12.3. The maximum atomic E-state index is 12.3. The van der Waals surface area contributed by atoms with Gasteiger partial charge in [0.2, 0.25) is 5.91 Å². The minimum atomic E-state index is -0.635. The van der Waals surface area contributed by atoms with Crippen LogP contribution in [0.4, 0.5) is 0 Å². The van der Waals surface area contributed by atoms with Crippen LogP contribution in [-0.2, 0) is 11.3 Å². The Hall–Kier alpha value is -1.46. The molecule has 0 radical (unpaired) electrons. The largest absolute Gasteiger partial charge is 0.349 e. The van der Waals surface area contributed by atoms with Gasteiger partial charge in [-0.25, -0.2) is 4.98 Å². The summed E-state index contributed by atoms with van der Waals surface area (Å²) in [6, 6.07) is 7.96. The number of aromatic nitrogens is 1. The Labute approximate surface area is 123 Å². The molecule has 4 nitrogen and oxygen atoms in total. The highest BCUT2D eigenvalue weighted by molar-refractivity contribution is 7.18. The predicted molar refractivity (Wildman–Crippen MR) is 83.5 cm³/mol. The van der Waals surface area contributed by atoms with Gasteiger partial charge in [0.25, 0.3) is 0 Å². The van der Waals surface area contributed by atoms with E-state index in [2.05, 4.69) is 10.3 Å². The van der Waals surface area contributed by atoms with Gasteiger partial charge in [0.05, 0.1) is 22.2 Å². The monoisotopic (exact) mass is 291 g/mol. The number of rotatable bonds is 4. The first-order valence-corrected chi connectivity index (χ1v) is 7.45. The van der Waals surface area contributed by atoms with E-state index in [-0.39, 0.29) is 5.91 Å². The normalized spacial score (nSPS) is 12.7. The Balaban J connectivity index is 2.07. The summed E-state index contributed by atoms with van der Waals surface area (Å²) in [5.41, 5.74) is 5.83. The Morgan fingerprint density at radius 3 is 2.55 bits per heavy atom. The average Bonchev–Trinajstić information content (AvgIpc) is 2.77. The minimum Gasteiger partial charge on any atom is -0.349 e. The molecule has 0 aliphatic carbocycles. The first-order chi connectivity index (χ1) is 9.22. The van der Waals surface area contributed by atoms with Gasteiger partial charge >= 0.3 is 0 Å². The van der Waals surface area contributed by atoms with Gasteiger partial charge < -0.3 is 11.1 Å². The van der Waals surface area contributed by atoms with Crippen molar-refractivity contribution in [2.75, 3.05) is 0 Å². The molecule has 2 aromatic rings. The Kier molecular flexibility index (Phi) is 3.84. The number of nitrogens with zero attached hydrogens (tertiary/aromatic N) is 1. The van der Waals surface area contributed by atoms with E-state index < -0.39 is 11.0 Å². The van der Waals surface area contributed by atoms with Gasteiger partial charge in [0.1, 0.15) is 5.01 Å². The highest BCUT2D eigenvalue weighted by atomic mass is 32.1. The standard InChI is InChI=1S/C15H21N3OS/c1-14(2,15(3,4)16)13(19)17-9-12-18-10-7-5-6-8-11(10)20-12/h5-8H,9,16H2,1-4H3,(H,17,19). The predicted octanol–water partition coefficient (Wildman–Crippen LogP) is 2.68. The van der Waals surface area contributed by atoms with Crippen LogP contribution in [0.25, 0.3) is 10.2 Å². The fraction of sp³-hybridized carbons (Fsp3) is 0.467. The second-order valence-corrected chi connectivity index (χ2v) is 7.22. The quantitative estimate of drug-likeness (QED) is 0.910. The summed E-state index contributed by atoms with van der Waals surface area (Å²) in [4.78, 5) is 16.8. The number of amides is 1. The van der Waals surface area contributed by atoms with Crippen LogP contribution in [-0.4, -0.2) is 16.4 Å². The number of fused-ring (bicyclic) bond motifs is 1. The van der Waals surface area contributed by atoms with E-state index in [1.165, 1.54) is 0 Å². The van der Waals surface area contributed by atoms with Crippen molar-refractivity contribution in [1.82, 2.24) is 10.3 Å². The molecule has 20 heavy (non-hydrogen) atoms. The summed E-state index contributed by atoms with van der Waals surface area (Å²) in [5, 5.41) is 3.84. The van der Waals surface area contributed by atoms with E-state index in [1.807, 2.05) is 52.0 Å². The van der Waals surface area contributed by atoms with Crippen LogP contribution in [0.15, 0.2) is 24.3 Å². The fourth-order valence-corrected chi connectivity index (χ4v) is 2.57. The van der Waals surface area contributed by atoms with Gasteiger partial charge in [-0.3, -0.25) is 4.79 Å². The van der Waals surface area contributed by atoms with E-state index in [0.717, 1.165) is 15.2 Å². The van der Waals surface area contributed by atoms with Crippen molar-refractivity contribution >= 4 is 27.5 Å². The zero-order chi connectivity index (χ0) is 15.0. The van der Waals surface area contributed by atoms with Crippen molar-refractivity contribution in [3.63, 3.8) is 0 Å². The number of hydrogen-bond acceptors (Lipinski definition) is 4. The van der Waals surface area contributed by atoms with Crippen molar-refractivity contribution in [3.05, 3.63) is 29.3 Å². The lowest BCUT2D eigenvalue weighted by molar-refractivity contribution is -0.132. The molecule has 0 saturated heterocycles. The van der Waals surface area contributed by atoms with Gasteiger partial charge in [0, 0.05) is 5.54 Å². The van der Waals surface area contributed by atoms with Crippen molar-refractivity contribution in [1.29, 1.82) is 0 Å². The topological polar surface area (TPSA) is 68.0 Å². The van der Waals surface area contributed by atoms with Crippen LogP contribution >= 0.6 is 11.3 Å². The number of benzene rings is 1. The molecule has 5 heteroatoms. The van der Waals surface area contributed by atoms with Gasteiger partial charge in [0.15, 0.2) is 0 Å². The molecule has 2 rings (SSSR count). The van der Waals surface area contributed by atoms with Crippen LogP contribution in [0.5, 0.6) is 0 Å². The average molecular weight is 291 g/mol. The van der Waals surface area contributed by atoms with E-state index in [4.69, 9.17) is 5.73 Å². The molecule has 0 aliphatic heterocycles. The molecule has 0 atom stereocenters.